The quantitative estimate of drug-likeness (QED) is 0.604. The lowest BCUT2D eigenvalue weighted by molar-refractivity contribution is 0.582. The molecule has 0 saturated heterocycles. The Morgan fingerprint density at radius 1 is 1.08 bits per heavy atom. The van der Waals surface area contributed by atoms with Gasteiger partial charge in [-0.25, -0.2) is 13.1 Å². The fourth-order valence-corrected chi connectivity index (χ4v) is 3.90. The van der Waals surface area contributed by atoms with E-state index in [1.165, 1.54) is 6.07 Å². The molecule has 0 aliphatic carbocycles. The van der Waals surface area contributed by atoms with Crippen molar-refractivity contribution >= 4 is 27.4 Å². The van der Waals surface area contributed by atoms with Crippen LogP contribution in [-0.2, 0) is 10.0 Å². The van der Waals surface area contributed by atoms with Crippen molar-refractivity contribution in [3.63, 3.8) is 0 Å². The number of hydrogen-bond acceptors (Lipinski definition) is 5. The number of hydrogen-bond donors (Lipinski definition) is 2. The van der Waals surface area contributed by atoms with Gasteiger partial charge in [-0.15, -0.1) is 10.2 Å². The number of nitrogens with zero attached hydrogens (tertiary/aromatic N) is 3. The number of benzene rings is 1. The van der Waals surface area contributed by atoms with Crippen LogP contribution in [0.5, 0.6) is 0 Å². The molecule has 0 aliphatic rings. The van der Waals surface area contributed by atoms with Crippen LogP contribution in [0.4, 0.5) is 5.82 Å². The summed E-state index contributed by atoms with van der Waals surface area (Å²) in [7, 11) is -3.62. The second kappa shape index (κ2) is 7.86. The summed E-state index contributed by atoms with van der Waals surface area (Å²) in [5.74, 6) is 1.27. The van der Waals surface area contributed by atoms with Gasteiger partial charge in [-0.1, -0.05) is 17.7 Å². The monoisotopic (exact) mass is 391 g/mol. The topological polar surface area (TPSA) is 88.9 Å². The van der Waals surface area contributed by atoms with Gasteiger partial charge in [0, 0.05) is 30.5 Å². The summed E-state index contributed by atoms with van der Waals surface area (Å²) < 4.78 is 29.1. The lowest BCUT2D eigenvalue weighted by Gasteiger charge is -2.10. The molecule has 3 rings (SSSR count). The van der Waals surface area contributed by atoms with Crippen molar-refractivity contribution in [3.8, 4) is 5.82 Å². The van der Waals surface area contributed by atoms with Gasteiger partial charge in [-0.05, 0) is 48.9 Å². The minimum absolute atomic E-state index is 0.181. The molecular formula is C17H18ClN5O2S. The summed E-state index contributed by atoms with van der Waals surface area (Å²) in [6.07, 6.45) is 3.76. The maximum atomic E-state index is 12.4. The fourth-order valence-electron chi connectivity index (χ4n) is 2.36. The largest absolute Gasteiger partial charge is 0.367 e. The maximum Gasteiger partial charge on any atom is 0.240 e. The third kappa shape index (κ3) is 4.40. The Hall–Kier alpha value is -2.42. The molecule has 2 heterocycles. The second-order valence-corrected chi connectivity index (χ2v) is 7.77. The van der Waals surface area contributed by atoms with E-state index in [0.29, 0.717) is 28.8 Å². The van der Waals surface area contributed by atoms with Crippen LogP contribution in [0.1, 0.15) is 5.56 Å². The average Bonchev–Trinajstić information content (AvgIpc) is 3.16. The minimum atomic E-state index is -3.62. The summed E-state index contributed by atoms with van der Waals surface area (Å²) in [4.78, 5) is 0.181. The number of rotatable bonds is 7. The fraction of sp³-hybridized carbons (Fsp3) is 0.176. The normalized spacial score (nSPS) is 11.5. The molecule has 0 radical (unpaired) electrons. The molecule has 0 fully saturated rings. The number of anilines is 1. The molecule has 0 aliphatic heterocycles. The molecule has 0 atom stereocenters. The van der Waals surface area contributed by atoms with Gasteiger partial charge in [0.05, 0.1) is 4.90 Å². The highest BCUT2D eigenvalue weighted by molar-refractivity contribution is 7.89. The number of nitrogens with one attached hydrogen (secondary N) is 2. The maximum absolute atomic E-state index is 12.4. The minimum Gasteiger partial charge on any atom is -0.367 e. The standard InChI is InChI=1S/C17H18ClN5O2S/c1-13-4-5-14(18)12-15(13)26(24,25)20-9-8-19-16-6-7-17(22-21-16)23-10-2-3-11-23/h2-7,10-12,20H,8-9H2,1H3,(H,19,21). The Bertz CT molecular complexity index is 973. The zero-order chi connectivity index (χ0) is 18.6. The van der Waals surface area contributed by atoms with Crippen LogP contribution in [0.3, 0.4) is 0 Å². The lowest BCUT2D eigenvalue weighted by atomic mass is 10.2. The predicted octanol–water partition coefficient (Wildman–Crippen LogP) is 2.62. The molecule has 136 valence electrons. The van der Waals surface area contributed by atoms with Crippen molar-refractivity contribution in [2.75, 3.05) is 18.4 Å². The second-order valence-electron chi connectivity index (χ2n) is 5.60. The first-order valence-corrected chi connectivity index (χ1v) is 9.78. The highest BCUT2D eigenvalue weighted by Crippen LogP contribution is 2.19. The van der Waals surface area contributed by atoms with E-state index in [1.54, 1.807) is 25.1 Å². The van der Waals surface area contributed by atoms with Crippen LogP contribution in [0.15, 0.2) is 59.8 Å². The zero-order valence-electron chi connectivity index (χ0n) is 14.1. The highest BCUT2D eigenvalue weighted by atomic mass is 35.5. The highest BCUT2D eigenvalue weighted by Gasteiger charge is 2.16. The van der Waals surface area contributed by atoms with Crippen molar-refractivity contribution < 1.29 is 8.42 Å². The summed E-state index contributed by atoms with van der Waals surface area (Å²) >= 11 is 5.89. The summed E-state index contributed by atoms with van der Waals surface area (Å²) in [6.45, 7) is 2.30. The first-order valence-electron chi connectivity index (χ1n) is 7.92. The van der Waals surface area contributed by atoms with Crippen LogP contribution >= 0.6 is 11.6 Å². The van der Waals surface area contributed by atoms with Crippen LogP contribution in [0.2, 0.25) is 5.02 Å². The molecule has 0 spiro atoms. The van der Waals surface area contributed by atoms with E-state index in [2.05, 4.69) is 20.2 Å². The molecule has 26 heavy (non-hydrogen) atoms. The van der Waals surface area contributed by atoms with Gasteiger partial charge in [0.1, 0.15) is 5.82 Å². The van der Waals surface area contributed by atoms with Gasteiger partial charge in [0.15, 0.2) is 5.82 Å². The number of halogens is 1. The number of aryl methyl sites for hydroxylation is 1. The molecule has 7 nitrogen and oxygen atoms in total. The molecule has 0 amide bonds. The third-order valence-corrected chi connectivity index (χ3v) is 5.52. The van der Waals surface area contributed by atoms with Crippen molar-refractivity contribution in [2.24, 2.45) is 0 Å². The van der Waals surface area contributed by atoms with E-state index < -0.39 is 10.0 Å². The van der Waals surface area contributed by atoms with Crippen LogP contribution in [-0.4, -0.2) is 36.3 Å². The van der Waals surface area contributed by atoms with Gasteiger partial charge in [0.25, 0.3) is 0 Å². The SMILES string of the molecule is Cc1ccc(Cl)cc1S(=O)(=O)NCCNc1ccc(-n2cccc2)nn1. The number of sulfonamides is 1. The van der Waals surface area contributed by atoms with E-state index in [0.717, 1.165) is 0 Å². The molecule has 1 aromatic carbocycles. The number of aromatic nitrogens is 3. The van der Waals surface area contributed by atoms with Crippen molar-refractivity contribution in [1.82, 2.24) is 19.5 Å². The molecule has 3 aromatic rings. The van der Waals surface area contributed by atoms with E-state index in [-0.39, 0.29) is 11.4 Å². The van der Waals surface area contributed by atoms with Crippen molar-refractivity contribution in [2.45, 2.75) is 11.8 Å². The van der Waals surface area contributed by atoms with E-state index in [9.17, 15) is 8.42 Å². The Balaban J connectivity index is 1.54. The first-order chi connectivity index (χ1) is 12.5. The molecule has 0 bridgehead atoms. The lowest BCUT2D eigenvalue weighted by Crippen LogP contribution is -2.29. The first kappa shape index (κ1) is 18.4. The molecule has 0 saturated carbocycles. The smallest absolute Gasteiger partial charge is 0.240 e. The van der Waals surface area contributed by atoms with Crippen LogP contribution < -0.4 is 10.0 Å². The van der Waals surface area contributed by atoms with Crippen LogP contribution in [0.25, 0.3) is 5.82 Å². The van der Waals surface area contributed by atoms with E-state index in [1.807, 2.05) is 35.2 Å². The van der Waals surface area contributed by atoms with Gasteiger partial charge < -0.3 is 9.88 Å². The van der Waals surface area contributed by atoms with E-state index >= 15 is 0 Å². The Kier molecular flexibility index (Phi) is 5.55. The van der Waals surface area contributed by atoms with Crippen LogP contribution in [0, 0.1) is 6.92 Å². The summed E-state index contributed by atoms with van der Waals surface area (Å²) in [6, 6.07) is 12.2. The van der Waals surface area contributed by atoms with E-state index in [4.69, 9.17) is 11.6 Å². The third-order valence-electron chi connectivity index (χ3n) is 3.68. The molecule has 2 N–H and O–H groups in total. The molecule has 9 heteroatoms. The van der Waals surface area contributed by atoms with Gasteiger partial charge in [-0.3, -0.25) is 0 Å². The van der Waals surface area contributed by atoms with Gasteiger partial charge in [0.2, 0.25) is 10.0 Å². The van der Waals surface area contributed by atoms with Crippen molar-refractivity contribution in [1.29, 1.82) is 0 Å². The van der Waals surface area contributed by atoms with Crippen molar-refractivity contribution in [3.05, 3.63) is 65.4 Å². The molecule has 0 unspecified atom stereocenters. The summed E-state index contributed by atoms with van der Waals surface area (Å²) in [5, 5.41) is 11.6. The van der Waals surface area contributed by atoms with Gasteiger partial charge in [-0.2, -0.15) is 0 Å². The predicted molar refractivity (Wildman–Crippen MR) is 101 cm³/mol. The average molecular weight is 392 g/mol. The molecule has 2 aromatic heterocycles. The molecular weight excluding hydrogens is 374 g/mol. The van der Waals surface area contributed by atoms with Gasteiger partial charge >= 0.3 is 0 Å². The Labute approximate surface area is 157 Å². The Morgan fingerprint density at radius 2 is 1.85 bits per heavy atom. The zero-order valence-corrected chi connectivity index (χ0v) is 15.6. The Morgan fingerprint density at radius 3 is 2.54 bits per heavy atom. The summed E-state index contributed by atoms with van der Waals surface area (Å²) in [5.41, 5.74) is 0.640.